The number of hydrogen-bond acceptors (Lipinski definition) is 5. The Hall–Kier alpha value is -1.59. The minimum atomic E-state index is -0.162. The molecule has 0 saturated heterocycles. The number of benzene rings is 1. The Morgan fingerprint density at radius 2 is 1.83 bits per heavy atom. The van der Waals surface area contributed by atoms with Gasteiger partial charge in [0.2, 0.25) is 0 Å². The van der Waals surface area contributed by atoms with Crippen molar-refractivity contribution in [2.45, 2.75) is 25.9 Å². The molecule has 0 amide bonds. The number of hydrogen-bond donors (Lipinski definition) is 3. The van der Waals surface area contributed by atoms with Crippen LogP contribution >= 0.6 is 11.3 Å². The van der Waals surface area contributed by atoms with E-state index in [1.54, 1.807) is 35.7 Å². The molecule has 0 bridgehead atoms. The molecule has 1 aromatic carbocycles. The predicted octanol–water partition coefficient (Wildman–Crippen LogP) is 2.97. The van der Waals surface area contributed by atoms with Crippen molar-refractivity contribution in [3.8, 4) is 11.5 Å². The summed E-state index contributed by atoms with van der Waals surface area (Å²) in [5, 5.41) is 25.8. The predicted molar refractivity (Wildman–Crippen MR) is 71.9 cm³/mol. The first-order valence-electron chi connectivity index (χ1n) is 5.76. The van der Waals surface area contributed by atoms with Crippen LogP contribution in [0, 0.1) is 0 Å². The molecule has 1 aromatic heterocycles. The summed E-state index contributed by atoms with van der Waals surface area (Å²) in [7, 11) is 0. The van der Waals surface area contributed by atoms with E-state index in [1.165, 1.54) is 0 Å². The number of phenols is 2. The Morgan fingerprint density at radius 1 is 1.17 bits per heavy atom. The summed E-state index contributed by atoms with van der Waals surface area (Å²) in [4.78, 5) is 4.24. The van der Waals surface area contributed by atoms with E-state index >= 15 is 0 Å². The highest BCUT2D eigenvalue weighted by atomic mass is 32.1. The van der Waals surface area contributed by atoms with Crippen molar-refractivity contribution in [2.75, 3.05) is 0 Å². The van der Waals surface area contributed by atoms with Gasteiger partial charge in [-0.25, -0.2) is 4.98 Å². The van der Waals surface area contributed by atoms with Gasteiger partial charge in [0.25, 0.3) is 0 Å². The van der Waals surface area contributed by atoms with Crippen molar-refractivity contribution in [3.05, 3.63) is 40.3 Å². The molecular weight excluding hydrogens is 248 g/mol. The van der Waals surface area contributed by atoms with Gasteiger partial charge in [-0.3, -0.25) is 0 Å². The number of aromatic hydroxyl groups is 2. The Labute approximate surface area is 110 Å². The van der Waals surface area contributed by atoms with Gasteiger partial charge in [0.1, 0.15) is 16.5 Å². The Kier molecular flexibility index (Phi) is 3.84. The van der Waals surface area contributed by atoms with Gasteiger partial charge >= 0.3 is 0 Å². The largest absolute Gasteiger partial charge is 0.507 e. The summed E-state index contributed by atoms with van der Waals surface area (Å²) >= 11 is 1.58. The van der Waals surface area contributed by atoms with E-state index in [-0.39, 0.29) is 23.6 Å². The molecule has 18 heavy (non-hydrogen) atoms. The molecule has 3 N–H and O–H groups in total. The van der Waals surface area contributed by atoms with E-state index in [2.05, 4.69) is 10.3 Å². The van der Waals surface area contributed by atoms with Gasteiger partial charge in [-0.2, -0.15) is 0 Å². The Balaban J connectivity index is 2.15. The maximum absolute atomic E-state index is 9.79. The van der Waals surface area contributed by atoms with Gasteiger partial charge in [-0.1, -0.05) is 6.07 Å². The second-order valence-corrected chi connectivity index (χ2v) is 5.12. The number of aromatic nitrogens is 1. The summed E-state index contributed by atoms with van der Waals surface area (Å²) in [5.41, 5.74) is 0.515. The molecule has 0 aliphatic rings. The van der Waals surface area contributed by atoms with E-state index in [0.717, 1.165) is 5.01 Å². The van der Waals surface area contributed by atoms with E-state index in [9.17, 15) is 10.2 Å². The highest BCUT2D eigenvalue weighted by molar-refractivity contribution is 7.09. The van der Waals surface area contributed by atoms with Gasteiger partial charge in [0, 0.05) is 17.6 Å². The zero-order valence-corrected chi connectivity index (χ0v) is 11.1. The lowest BCUT2D eigenvalue weighted by atomic mass is 10.1. The Bertz CT molecular complexity index is 493. The van der Waals surface area contributed by atoms with E-state index in [1.807, 2.05) is 19.2 Å². The Morgan fingerprint density at radius 3 is 2.39 bits per heavy atom. The molecule has 0 radical (unpaired) electrons. The fraction of sp³-hybridized carbons (Fsp3) is 0.308. The van der Waals surface area contributed by atoms with Crippen molar-refractivity contribution in [3.63, 3.8) is 0 Å². The average Bonchev–Trinajstić information content (AvgIpc) is 2.81. The maximum atomic E-state index is 9.79. The summed E-state index contributed by atoms with van der Waals surface area (Å²) in [6, 6.07) is 4.66. The molecule has 2 atom stereocenters. The molecule has 1 heterocycles. The maximum Gasteiger partial charge on any atom is 0.124 e. The van der Waals surface area contributed by atoms with Crippen LogP contribution in [0.15, 0.2) is 29.8 Å². The van der Waals surface area contributed by atoms with Crippen LogP contribution in [0.25, 0.3) is 0 Å². The number of nitrogens with zero attached hydrogens (tertiary/aromatic N) is 1. The van der Waals surface area contributed by atoms with Crippen LogP contribution in [0.5, 0.6) is 11.5 Å². The van der Waals surface area contributed by atoms with E-state index in [0.29, 0.717) is 5.56 Å². The lowest BCUT2D eigenvalue weighted by Gasteiger charge is -2.20. The summed E-state index contributed by atoms with van der Waals surface area (Å²) in [6.07, 6.45) is 1.76. The topological polar surface area (TPSA) is 65.4 Å². The van der Waals surface area contributed by atoms with Crippen molar-refractivity contribution >= 4 is 11.3 Å². The van der Waals surface area contributed by atoms with Gasteiger partial charge in [0.15, 0.2) is 0 Å². The number of thiazole rings is 1. The molecule has 2 aromatic rings. The van der Waals surface area contributed by atoms with Gasteiger partial charge < -0.3 is 15.5 Å². The molecule has 4 nitrogen and oxygen atoms in total. The lowest BCUT2D eigenvalue weighted by Crippen LogP contribution is -2.22. The van der Waals surface area contributed by atoms with Gasteiger partial charge in [0.05, 0.1) is 11.6 Å². The molecule has 0 spiro atoms. The minimum Gasteiger partial charge on any atom is -0.507 e. The lowest BCUT2D eigenvalue weighted by molar-refractivity contribution is 0.407. The summed E-state index contributed by atoms with van der Waals surface area (Å²) < 4.78 is 0. The number of phenolic OH excluding ortho intramolecular Hbond substituents is 2. The average molecular weight is 264 g/mol. The SMILES string of the molecule is CC(NC(C)c1c(O)cccc1O)c1nccs1. The number of rotatable bonds is 4. The summed E-state index contributed by atoms with van der Waals surface area (Å²) in [6.45, 7) is 3.91. The van der Waals surface area contributed by atoms with Crippen molar-refractivity contribution in [1.29, 1.82) is 0 Å². The van der Waals surface area contributed by atoms with Crippen LogP contribution in [-0.2, 0) is 0 Å². The minimum absolute atomic E-state index is 0.0685. The van der Waals surface area contributed by atoms with Crippen LogP contribution in [-0.4, -0.2) is 15.2 Å². The first-order valence-corrected chi connectivity index (χ1v) is 6.64. The second kappa shape index (κ2) is 5.37. The first kappa shape index (κ1) is 12.9. The molecular formula is C13H16N2O2S. The summed E-state index contributed by atoms with van der Waals surface area (Å²) in [5.74, 6) is 0.197. The smallest absolute Gasteiger partial charge is 0.124 e. The zero-order chi connectivity index (χ0) is 13.1. The zero-order valence-electron chi connectivity index (χ0n) is 10.3. The molecule has 0 aliphatic heterocycles. The van der Waals surface area contributed by atoms with Crippen LogP contribution in [0.4, 0.5) is 0 Å². The van der Waals surface area contributed by atoms with E-state index in [4.69, 9.17) is 0 Å². The third-order valence-electron chi connectivity index (χ3n) is 2.81. The van der Waals surface area contributed by atoms with Gasteiger partial charge in [-0.05, 0) is 26.0 Å². The fourth-order valence-electron chi connectivity index (χ4n) is 1.96. The highest BCUT2D eigenvalue weighted by Crippen LogP contribution is 2.33. The normalized spacial score (nSPS) is 14.3. The molecule has 2 unspecified atom stereocenters. The standard InChI is InChI=1S/C13H16N2O2S/c1-8(12-10(16)4-3-5-11(12)17)15-9(2)13-14-6-7-18-13/h3-9,15-17H,1-2H3. The molecule has 2 rings (SSSR count). The van der Waals surface area contributed by atoms with Gasteiger partial charge in [-0.15, -0.1) is 11.3 Å². The monoisotopic (exact) mass is 264 g/mol. The van der Waals surface area contributed by atoms with Crippen LogP contribution < -0.4 is 5.32 Å². The van der Waals surface area contributed by atoms with Crippen LogP contribution in [0.3, 0.4) is 0 Å². The van der Waals surface area contributed by atoms with Crippen LogP contribution in [0.2, 0.25) is 0 Å². The van der Waals surface area contributed by atoms with E-state index < -0.39 is 0 Å². The van der Waals surface area contributed by atoms with Crippen molar-refractivity contribution < 1.29 is 10.2 Å². The number of nitrogens with one attached hydrogen (secondary N) is 1. The molecule has 96 valence electrons. The highest BCUT2D eigenvalue weighted by Gasteiger charge is 2.18. The third-order valence-corrected chi connectivity index (χ3v) is 3.77. The molecule has 0 fully saturated rings. The second-order valence-electron chi connectivity index (χ2n) is 4.19. The molecule has 0 aliphatic carbocycles. The quantitative estimate of drug-likeness (QED) is 0.794. The van der Waals surface area contributed by atoms with Crippen molar-refractivity contribution in [2.24, 2.45) is 0 Å². The van der Waals surface area contributed by atoms with Crippen molar-refractivity contribution in [1.82, 2.24) is 10.3 Å². The first-order chi connectivity index (χ1) is 8.59. The molecule has 5 heteroatoms. The molecule has 0 saturated carbocycles. The van der Waals surface area contributed by atoms with Crippen LogP contribution in [0.1, 0.15) is 36.5 Å². The third kappa shape index (κ3) is 2.63. The fourth-order valence-corrected chi connectivity index (χ4v) is 2.62.